The van der Waals surface area contributed by atoms with Crippen molar-refractivity contribution in [3.63, 3.8) is 0 Å². The molecule has 1 aliphatic rings. The Kier molecular flexibility index (Phi) is 1.68. The van der Waals surface area contributed by atoms with E-state index in [2.05, 4.69) is 10.2 Å². The van der Waals surface area contributed by atoms with Crippen molar-refractivity contribution in [2.45, 2.75) is 6.92 Å². The summed E-state index contributed by atoms with van der Waals surface area (Å²) in [5.74, 6) is -0.487. The molecule has 4 heteroatoms. The van der Waals surface area contributed by atoms with Crippen LogP contribution in [0.4, 0.5) is 0 Å². The Labute approximate surface area is 53.4 Å². The molecule has 0 saturated heterocycles. The van der Waals surface area contributed by atoms with E-state index >= 15 is 0 Å². The molecule has 0 N–H and O–H groups in total. The largest absolute Gasteiger partial charge is 0.618 e. The maximum absolute atomic E-state index is 10.5. The van der Waals surface area contributed by atoms with Gasteiger partial charge in [0.25, 0.3) is 0 Å². The van der Waals surface area contributed by atoms with Crippen LogP contribution in [0.5, 0.6) is 0 Å². The van der Waals surface area contributed by atoms with Gasteiger partial charge in [0, 0.05) is 0 Å². The summed E-state index contributed by atoms with van der Waals surface area (Å²) in [6.45, 7) is 2.03. The third-order valence-electron chi connectivity index (χ3n) is 0.829. The molecule has 1 unspecified atom stereocenters. The summed E-state index contributed by atoms with van der Waals surface area (Å²) in [7, 11) is -1.54. The first kappa shape index (κ1) is 6.50. The van der Waals surface area contributed by atoms with Gasteiger partial charge in [-0.05, 0) is 6.92 Å². The monoisotopic (exact) mass is 144 g/mol. The molecular formula is C5H5O3P. The Bertz CT molecular complexity index is 212. The lowest BCUT2D eigenvalue weighted by Gasteiger charge is -1.91. The molecule has 0 amide bonds. The minimum Gasteiger partial charge on any atom is -0.618 e. The lowest BCUT2D eigenvalue weighted by Crippen LogP contribution is -2.02. The number of hydrogen-bond acceptors (Lipinski definition) is 3. The second-order valence-electron chi connectivity index (χ2n) is 1.48. The Balaban J connectivity index is 2.31. The van der Waals surface area contributed by atoms with Crippen LogP contribution in [0.1, 0.15) is 6.92 Å². The van der Waals surface area contributed by atoms with Gasteiger partial charge < -0.3 is 9.63 Å². The Morgan fingerprint density at radius 2 is 2.56 bits per heavy atom. The molecule has 1 rings (SSSR count). The van der Waals surface area contributed by atoms with Crippen molar-refractivity contribution in [1.29, 1.82) is 0 Å². The first-order valence-electron chi connectivity index (χ1n) is 2.53. The van der Waals surface area contributed by atoms with Gasteiger partial charge in [-0.2, -0.15) is 0 Å². The summed E-state index contributed by atoms with van der Waals surface area (Å²) in [5, 5.41) is 0.215. The van der Waals surface area contributed by atoms with Crippen molar-refractivity contribution >= 4 is 19.2 Å². The molecule has 0 saturated carbocycles. The van der Waals surface area contributed by atoms with Crippen molar-refractivity contribution in [2.75, 3.05) is 6.61 Å². The molecule has 0 fully saturated rings. The van der Waals surface area contributed by atoms with Crippen LogP contribution in [0, 0.1) is 0 Å². The minimum absolute atomic E-state index is 0.215. The highest BCUT2D eigenvalue weighted by molar-refractivity contribution is 7.64. The molecule has 1 atom stereocenters. The molecule has 0 bridgehead atoms. The third kappa shape index (κ3) is 1.39. The number of esters is 1. The van der Waals surface area contributed by atoms with E-state index in [1.165, 1.54) is 0 Å². The maximum atomic E-state index is 10.5. The molecule has 0 aromatic heterocycles. The van der Waals surface area contributed by atoms with E-state index in [9.17, 15) is 9.69 Å². The lowest BCUT2D eigenvalue weighted by atomic mass is 10.6. The molecule has 0 aromatic rings. The van der Waals surface area contributed by atoms with Crippen LogP contribution < -0.4 is 4.89 Å². The van der Waals surface area contributed by atoms with E-state index in [1.807, 2.05) is 0 Å². The molecular weight excluding hydrogens is 139 g/mol. The Morgan fingerprint density at radius 3 is 2.89 bits per heavy atom. The normalized spacial score (nSPS) is 18.0. The van der Waals surface area contributed by atoms with Crippen molar-refractivity contribution in [3.05, 3.63) is 5.31 Å². The number of carbonyl (C=O) groups excluding carboxylic acids is 1. The number of hydrogen-bond donors (Lipinski definition) is 0. The summed E-state index contributed by atoms with van der Waals surface area (Å²) >= 11 is 0. The Hall–Kier alpha value is -0.620. The van der Waals surface area contributed by atoms with E-state index in [0.717, 1.165) is 0 Å². The lowest BCUT2D eigenvalue weighted by molar-refractivity contribution is -0.151. The molecule has 3 nitrogen and oxygen atoms in total. The summed E-state index contributed by atoms with van der Waals surface area (Å²) < 4.78 is 4.51. The van der Waals surface area contributed by atoms with Crippen LogP contribution in [0.15, 0.2) is 5.31 Å². The molecule has 48 valence electrons. The maximum Gasteiger partial charge on any atom is 0.394 e. The van der Waals surface area contributed by atoms with Crippen LogP contribution in [-0.2, 0) is 9.53 Å². The van der Waals surface area contributed by atoms with Crippen molar-refractivity contribution < 1.29 is 14.4 Å². The molecule has 1 aliphatic heterocycles. The van der Waals surface area contributed by atoms with E-state index in [-0.39, 0.29) is 5.31 Å². The van der Waals surface area contributed by atoms with Crippen LogP contribution in [0.3, 0.4) is 0 Å². The predicted molar refractivity (Wildman–Crippen MR) is 32.1 cm³/mol. The minimum atomic E-state index is -1.54. The molecule has 1 heterocycles. The molecule has 9 heavy (non-hydrogen) atoms. The van der Waals surface area contributed by atoms with Gasteiger partial charge >= 0.3 is 11.3 Å². The fourth-order valence-corrected chi connectivity index (χ4v) is 0.986. The number of ether oxygens (including phenoxy) is 1. The van der Waals surface area contributed by atoms with E-state index in [4.69, 9.17) is 0 Å². The van der Waals surface area contributed by atoms with Gasteiger partial charge in [0.1, 0.15) is 0 Å². The molecule has 0 spiro atoms. The number of rotatable bonds is 2. The SMILES string of the molecule is CCOC(=O)C1=C=[P+]1[O-]. The van der Waals surface area contributed by atoms with Crippen molar-refractivity contribution in [1.82, 2.24) is 0 Å². The van der Waals surface area contributed by atoms with E-state index in [1.54, 1.807) is 6.92 Å². The average Bonchev–Trinajstić information content (AvgIpc) is 2.47. The fourth-order valence-electron chi connectivity index (χ4n) is 0.399. The van der Waals surface area contributed by atoms with Gasteiger partial charge in [0.2, 0.25) is 0 Å². The van der Waals surface area contributed by atoms with Crippen LogP contribution in [-0.4, -0.2) is 18.0 Å². The summed E-state index contributed by atoms with van der Waals surface area (Å²) in [4.78, 5) is 20.8. The topological polar surface area (TPSA) is 49.4 Å². The highest BCUT2D eigenvalue weighted by Crippen LogP contribution is 2.33. The fraction of sp³-hybridized carbons (Fsp3) is 0.400. The second kappa shape index (κ2) is 2.32. The zero-order valence-corrected chi connectivity index (χ0v) is 5.77. The first-order valence-corrected chi connectivity index (χ1v) is 3.79. The van der Waals surface area contributed by atoms with E-state index < -0.39 is 13.7 Å². The van der Waals surface area contributed by atoms with Crippen molar-refractivity contribution in [2.24, 2.45) is 0 Å². The second-order valence-corrected chi connectivity index (χ2v) is 2.73. The zero-order valence-electron chi connectivity index (χ0n) is 4.88. The van der Waals surface area contributed by atoms with Gasteiger partial charge in [-0.25, -0.2) is 4.79 Å². The highest BCUT2D eigenvalue weighted by atomic mass is 31.1. The van der Waals surface area contributed by atoms with Gasteiger partial charge in [0.05, 0.1) is 6.61 Å². The van der Waals surface area contributed by atoms with Gasteiger partial charge in [0.15, 0.2) is 13.2 Å². The average molecular weight is 144 g/mol. The van der Waals surface area contributed by atoms with Crippen LogP contribution in [0.25, 0.3) is 0 Å². The van der Waals surface area contributed by atoms with Gasteiger partial charge in [-0.15, -0.1) is 0 Å². The quantitative estimate of drug-likeness (QED) is 0.391. The van der Waals surface area contributed by atoms with Crippen LogP contribution >= 0.6 is 7.77 Å². The highest BCUT2D eigenvalue weighted by Gasteiger charge is 2.31. The van der Waals surface area contributed by atoms with Gasteiger partial charge in [-0.1, -0.05) is 0 Å². The summed E-state index contributed by atoms with van der Waals surface area (Å²) in [6.07, 6.45) is 0. The van der Waals surface area contributed by atoms with Gasteiger partial charge in [-0.3, -0.25) is 0 Å². The third-order valence-corrected chi connectivity index (χ3v) is 1.73. The standard InChI is InChI=1S/C5H5O3P/c1-2-8-5(6)4-3-9(4)7/h2H2,1H3. The van der Waals surface area contributed by atoms with Crippen molar-refractivity contribution in [3.8, 4) is 0 Å². The summed E-state index contributed by atoms with van der Waals surface area (Å²) in [5.41, 5.74) is 2.37. The molecule has 0 radical (unpaired) electrons. The van der Waals surface area contributed by atoms with Crippen LogP contribution in [0.2, 0.25) is 0 Å². The zero-order chi connectivity index (χ0) is 6.85. The predicted octanol–water partition coefficient (Wildman–Crippen LogP) is -0.395. The Morgan fingerprint density at radius 1 is 2.00 bits per heavy atom. The smallest absolute Gasteiger partial charge is 0.394 e. The summed E-state index contributed by atoms with van der Waals surface area (Å²) in [6, 6.07) is 0. The number of carbonyl (C=O) groups is 1. The molecule has 0 aromatic carbocycles. The molecule has 0 aliphatic carbocycles. The first-order chi connectivity index (χ1) is 4.25. The van der Waals surface area contributed by atoms with E-state index in [0.29, 0.717) is 6.61 Å².